The summed E-state index contributed by atoms with van der Waals surface area (Å²) < 4.78 is 0. The summed E-state index contributed by atoms with van der Waals surface area (Å²) in [5, 5.41) is 6.09. The van der Waals surface area contributed by atoms with E-state index in [2.05, 4.69) is 25.6 Å². The van der Waals surface area contributed by atoms with Crippen LogP contribution < -0.4 is 10.6 Å². The summed E-state index contributed by atoms with van der Waals surface area (Å²) in [5.74, 6) is 0.310. The van der Waals surface area contributed by atoms with Gasteiger partial charge in [0.15, 0.2) is 0 Å². The summed E-state index contributed by atoms with van der Waals surface area (Å²) in [6.45, 7) is 1.99. The number of anilines is 3. The van der Waals surface area contributed by atoms with Crippen molar-refractivity contribution >= 4 is 23.2 Å². The molecule has 0 bridgehead atoms. The molecule has 0 atom stereocenters. The Morgan fingerprint density at radius 1 is 0.897 bits per heavy atom. The second-order valence-electron chi connectivity index (χ2n) is 6.53. The van der Waals surface area contributed by atoms with Gasteiger partial charge in [-0.05, 0) is 55.5 Å². The molecule has 0 aliphatic carbocycles. The first-order valence-corrected chi connectivity index (χ1v) is 9.16. The summed E-state index contributed by atoms with van der Waals surface area (Å²) in [5.41, 5.74) is 4.87. The number of amides is 1. The molecule has 142 valence electrons. The third-order valence-corrected chi connectivity index (χ3v) is 4.30. The van der Waals surface area contributed by atoms with Crippen molar-refractivity contribution in [2.24, 2.45) is 0 Å². The molecular weight excluding hydrogens is 362 g/mol. The molecular formula is C23H19N5O. The zero-order chi connectivity index (χ0) is 20.1. The number of benzene rings is 2. The van der Waals surface area contributed by atoms with Crippen LogP contribution in [0.5, 0.6) is 0 Å². The Kier molecular flexibility index (Phi) is 5.25. The molecule has 1 amide bonds. The quantitative estimate of drug-likeness (QED) is 0.517. The van der Waals surface area contributed by atoms with E-state index in [4.69, 9.17) is 0 Å². The molecule has 0 aliphatic heterocycles. The zero-order valence-electron chi connectivity index (χ0n) is 15.8. The smallest absolute Gasteiger partial charge is 0.255 e. The van der Waals surface area contributed by atoms with E-state index in [1.165, 1.54) is 0 Å². The number of rotatable bonds is 5. The number of pyridine rings is 1. The molecule has 2 heterocycles. The second-order valence-corrected chi connectivity index (χ2v) is 6.53. The largest absolute Gasteiger partial charge is 0.324 e. The fourth-order valence-electron chi connectivity index (χ4n) is 2.81. The third kappa shape index (κ3) is 4.62. The second kappa shape index (κ2) is 8.31. The fraction of sp³-hybridized carbons (Fsp3) is 0.0435. The van der Waals surface area contributed by atoms with Crippen LogP contribution in [0.4, 0.5) is 17.3 Å². The Labute approximate surface area is 168 Å². The van der Waals surface area contributed by atoms with Gasteiger partial charge in [-0.15, -0.1) is 0 Å². The van der Waals surface area contributed by atoms with E-state index >= 15 is 0 Å². The highest BCUT2D eigenvalue weighted by atomic mass is 16.1. The van der Waals surface area contributed by atoms with Gasteiger partial charge < -0.3 is 10.6 Å². The molecule has 2 aromatic carbocycles. The van der Waals surface area contributed by atoms with Gasteiger partial charge in [0, 0.05) is 41.1 Å². The SMILES string of the molecule is Cc1ccc(C(=O)Nc2cccc(Nc3nccc(-c4cccnc4)n3)c2)cc1. The Hall–Kier alpha value is -4.06. The minimum absolute atomic E-state index is 0.156. The number of nitrogens with zero attached hydrogens (tertiary/aromatic N) is 3. The number of carbonyl (C=O) groups excluding carboxylic acids is 1. The van der Waals surface area contributed by atoms with Crippen molar-refractivity contribution in [1.29, 1.82) is 0 Å². The minimum atomic E-state index is -0.156. The van der Waals surface area contributed by atoms with Gasteiger partial charge in [-0.2, -0.15) is 0 Å². The molecule has 0 saturated heterocycles. The monoisotopic (exact) mass is 381 g/mol. The summed E-state index contributed by atoms with van der Waals surface area (Å²) in [7, 11) is 0. The van der Waals surface area contributed by atoms with E-state index in [1.54, 1.807) is 18.6 Å². The van der Waals surface area contributed by atoms with Gasteiger partial charge in [0.1, 0.15) is 0 Å². The maximum Gasteiger partial charge on any atom is 0.255 e. The van der Waals surface area contributed by atoms with E-state index in [0.717, 1.165) is 22.5 Å². The molecule has 6 nitrogen and oxygen atoms in total. The zero-order valence-corrected chi connectivity index (χ0v) is 15.8. The van der Waals surface area contributed by atoms with E-state index in [1.807, 2.05) is 73.7 Å². The number of aryl methyl sites for hydroxylation is 1. The van der Waals surface area contributed by atoms with Crippen molar-refractivity contribution in [2.45, 2.75) is 6.92 Å². The van der Waals surface area contributed by atoms with Gasteiger partial charge >= 0.3 is 0 Å². The van der Waals surface area contributed by atoms with Crippen LogP contribution in [0.1, 0.15) is 15.9 Å². The molecule has 4 rings (SSSR count). The normalized spacial score (nSPS) is 10.4. The number of carbonyl (C=O) groups is 1. The topological polar surface area (TPSA) is 79.8 Å². The van der Waals surface area contributed by atoms with E-state index in [0.29, 0.717) is 17.2 Å². The summed E-state index contributed by atoms with van der Waals surface area (Å²) in [6, 6.07) is 20.5. The van der Waals surface area contributed by atoms with E-state index in [-0.39, 0.29) is 5.91 Å². The van der Waals surface area contributed by atoms with Gasteiger partial charge in [0.25, 0.3) is 5.91 Å². The molecule has 29 heavy (non-hydrogen) atoms. The van der Waals surface area contributed by atoms with Crippen molar-refractivity contribution in [3.05, 3.63) is 96.4 Å². The van der Waals surface area contributed by atoms with Gasteiger partial charge in [-0.3, -0.25) is 9.78 Å². The molecule has 0 radical (unpaired) electrons. The molecule has 2 N–H and O–H groups in total. The van der Waals surface area contributed by atoms with Gasteiger partial charge in [0.05, 0.1) is 5.69 Å². The van der Waals surface area contributed by atoms with Gasteiger partial charge in [0.2, 0.25) is 5.95 Å². The van der Waals surface area contributed by atoms with E-state index in [9.17, 15) is 4.79 Å². The van der Waals surface area contributed by atoms with E-state index < -0.39 is 0 Å². The van der Waals surface area contributed by atoms with Crippen molar-refractivity contribution < 1.29 is 4.79 Å². The first-order valence-electron chi connectivity index (χ1n) is 9.16. The van der Waals surface area contributed by atoms with Crippen molar-refractivity contribution in [3.8, 4) is 11.3 Å². The van der Waals surface area contributed by atoms with Crippen LogP contribution in [0, 0.1) is 6.92 Å². The Morgan fingerprint density at radius 3 is 2.52 bits per heavy atom. The van der Waals surface area contributed by atoms with Crippen LogP contribution in [-0.2, 0) is 0 Å². The Morgan fingerprint density at radius 2 is 1.72 bits per heavy atom. The van der Waals surface area contributed by atoms with Crippen molar-refractivity contribution in [2.75, 3.05) is 10.6 Å². The summed E-state index contributed by atoms with van der Waals surface area (Å²) >= 11 is 0. The highest BCUT2D eigenvalue weighted by molar-refractivity contribution is 6.04. The van der Waals surface area contributed by atoms with Crippen LogP contribution in [0.25, 0.3) is 11.3 Å². The molecule has 0 unspecified atom stereocenters. The van der Waals surface area contributed by atoms with Crippen molar-refractivity contribution in [1.82, 2.24) is 15.0 Å². The molecule has 0 aliphatic rings. The molecule has 4 aromatic rings. The van der Waals surface area contributed by atoms with Crippen LogP contribution >= 0.6 is 0 Å². The first kappa shape index (κ1) is 18.3. The Bertz CT molecular complexity index is 1130. The maximum atomic E-state index is 12.4. The molecule has 2 aromatic heterocycles. The van der Waals surface area contributed by atoms with Crippen LogP contribution in [0.2, 0.25) is 0 Å². The average molecular weight is 381 g/mol. The number of hydrogen-bond acceptors (Lipinski definition) is 5. The Balaban J connectivity index is 1.49. The predicted molar refractivity (Wildman–Crippen MR) is 114 cm³/mol. The lowest BCUT2D eigenvalue weighted by atomic mass is 10.1. The highest BCUT2D eigenvalue weighted by Crippen LogP contribution is 2.21. The number of nitrogens with one attached hydrogen (secondary N) is 2. The molecule has 0 saturated carbocycles. The van der Waals surface area contributed by atoms with Gasteiger partial charge in [-0.1, -0.05) is 23.8 Å². The standard InChI is InChI=1S/C23H19N5O/c1-16-7-9-17(10-8-16)22(29)26-19-5-2-6-20(14-19)27-23-25-13-11-21(28-23)18-4-3-12-24-15-18/h2-15H,1H3,(H,26,29)(H,25,27,28). The number of hydrogen-bond donors (Lipinski definition) is 2. The first-order chi connectivity index (χ1) is 14.2. The number of aromatic nitrogens is 3. The molecule has 0 fully saturated rings. The lowest BCUT2D eigenvalue weighted by Gasteiger charge is -2.10. The van der Waals surface area contributed by atoms with Crippen LogP contribution in [-0.4, -0.2) is 20.9 Å². The molecule has 6 heteroatoms. The average Bonchev–Trinajstić information content (AvgIpc) is 2.75. The lowest BCUT2D eigenvalue weighted by molar-refractivity contribution is 0.102. The third-order valence-electron chi connectivity index (χ3n) is 4.30. The summed E-state index contributed by atoms with van der Waals surface area (Å²) in [4.78, 5) is 25.4. The minimum Gasteiger partial charge on any atom is -0.324 e. The maximum absolute atomic E-state index is 12.4. The highest BCUT2D eigenvalue weighted by Gasteiger charge is 2.07. The fourth-order valence-corrected chi connectivity index (χ4v) is 2.81. The molecule has 0 spiro atoms. The lowest BCUT2D eigenvalue weighted by Crippen LogP contribution is -2.11. The van der Waals surface area contributed by atoms with Gasteiger partial charge in [-0.25, -0.2) is 9.97 Å². The van der Waals surface area contributed by atoms with Crippen LogP contribution in [0.15, 0.2) is 85.3 Å². The van der Waals surface area contributed by atoms with Crippen molar-refractivity contribution in [3.63, 3.8) is 0 Å². The summed E-state index contributed by atoms with van der Waals surface area (Å²) in [6.07, 6.45) is 5.17. The van der Waals surface area contributed by atoms with Crippen LogP contribution in [0.3, 0.4) is 0 Å². The predicted octanol–water partition coefficient (Wildman–Crippen LogP) is 4.84.